The first-order valence-corrected chi connectivity index (χ1v) is 9.49. The van der Waals surface area contributed by atoms with Gasteiger partial charge in [0.2, 0.25) is 0 Å². The third-order valence-corrected chi connectivity index (χ3v) is 5.08. The molecule has 0 aliphatic carbocycles. The van der Waals surface area contributed by atoms with E-state index in [1.165, 1.54) is 25.3 Å². The molecule has 154 valence electrons. The van der Waals surface area contributed by atoms with Gasteiger partial charge in [-0.15, -0.1) is 0 Å². The molecule has 0 radical (unpaired) electrons. The van der Waals surface area contributed by atoms with Gasteiger partial charge in [-0.1, -0.05) is 0 Å². The number of benzene rings is 1. The molecule has 2 fully saturated rings. The second kappa shape index (κ2) is 8.34. The van der Waals surface area contributed by atoms with E-state index in [4.69, 9.17) is 18.9 Å². The summed E-state index contributed by atoms with van der Waals surface area (Å²) in [6.45, 7) is 3.41. The van der Waals surface area contributed by atoms with E-state index in [9.17, 15) is 9.18 Å². The lowest BCUT2D eigenvalue weighted by atomic mass is 10.1. The highest BCUT2D eigenvalue weighted by Gasteiger charge is 2.40. The highest BCUT2D eigenvalue weighted by atomic mass is 19.1. The molecule has 2 aliphatic heterocycles. The Kier molecular flexibility index (Phi) is 5.64. The third-order valence-electron chi connectivity index (χ3n) is 5.08. The zero-order valence-electron chi connectivity index (χ0n) is 16.3. The molecule has 8 heteroatoms. The molecular formula is C21H23FN2O5. The molecule has 0 N–H and O–H groups in total. The Bertz CT molecular complexity index is 860. The van der Waals surface area contributed by atoms with E-state index >= 15 is 0 Å². The van der Waals surface area contributed by atoms with Crippen LogP contribution in [0.5, 0.6) is 11.5 Å². The van der Waals surface area contributed by atoms with Crippen LogP contribution in [0.2, 0.25) is 0 Å². The van der Waals surface area contributed by atoms with Gasteiger partial charge >= 0.3 is 0 Å². The van der Waals surface area contributed by atoms with Gasteiger partial charge in [-0.3, -0.25) is 9.78 Å². The molecule has 29 heavy (non-hydrogen) atoms. The van der Waals surface area contributed by atoms with E-state index in [0.29, 0.717) is 37.6 Å². The molecule has 2 aliphatic rings. The predicted molar refractivity (Wildman–Crippen MR) is 102 cm³/mol. The quantitative estimate of drug-likeness (QED) is 0.781. The summed E-state index contributed by atoms with van der Waals surface area (Å²) in [5.74, 6) is 0.191. The van der Waals surface area contributed by atoms with Gasteiger partial charge in [0.25, 0.3) is 5.91 Å². The van der Waals surface area contributed by atoms with E-state index in [2.05, 4.69) is 4.98 Å². The van der Waals surface area contributed by atoms with Gasteiger partial charge in [0.1, 0.15) is 35.6 Å². The maximum atomic E-state index is 13.4. The molecule has 1 aromatic heterocycles. The normalized spacial score (nSPS) is 22.1. The highest BCUT2D eigenvalue weighted by Crippen LogP contribution is 2.26. The topological polar surface area (TPSA) is 70.1 Å². The zero-order valence-corrected chi connectivity index (χ0v) is 16.3. The Hall–Kier alpha value is -2.71. The van der Waals surface area contributed by atoms with Crippen molar-refractivity contribution in [1.29, 1.82) is 0 Å². The standard InChI is InChI=1S/C21H23FN2O5/c1-13-3-5-15(8-23-13)29-16-11-27-19-9-24(10-20(19)28-12-16)21(25)17-6-4-14(22)7-18(17)26-2/h3-8,16,19-20H,9-12H2,1-2H3/t19-,20-/m0/s1. The number of methoxy groups -OCH3 is 1. The number of hydrogen-bond acceptors (Lipinski definition) is 6. The Morgan fingerprint density at radius 2 is 1.90 bits per heavy atom. The maximum absolute atomic E-state index is 13.4. The molecule has 0 unspecified atom stereocenters. The first-order chi connectivity index (χ1) is 14.0. The predicted octanol–water partition coefficient (Wildman–Crippen LogP) is 2.23. The molecule has 0 bridgehead atoms. The van der Waals surface area contributed by atoms with Crippen molar-refractivity contribution in [2.75, 3.05) is 33.4 Å². The molecule has 7 nitrogen and oxygen atoms in total. The highest BCUT2D eigenvalue weighted by molar-refractivity contribution is 5.97. The lowest BCUT2D eigenvalue weighted by Gasteiger charge is -2.20. The minimum atomic E-state index is -0.452. The van der Waals surface area contributed by atoms with Crippen LogP contribution in [0, 0.1) is 12.7 Å². The average Bonchev–Trinajstić information content (AvgIpc) is 3.05. The number of halogens is 1. The van der Waals surface area contributed by atoms with Crippen LogP contribution in [-0.4, -0.2) is 67.5 Å². The van der Waals surface area contributed by atoms with Crippen molar-refractivity contribution in [3.63, 3.8) is 0 Å². The first-order valence-electron chi connectivity index (χ1n) is 9.49. The van der Waals surface area contributed by atoms with Crippen molar-refractivity contribution in [1.82, 2.24) is 9.88 Å². The molecule has 0 spiro atoms. The fourth-order valence-corrected chi connectivity index (χ4v) is 3.54. The summed E-state index contributed by atoms with van der Waals surface area (Å²) in [4.78, 5) is 18.7. The van der Waals surface area contributed by atoms with Crippen LogP contribution >= 0.6 is 0 Å². The van der Waals surface area contributed by atoms with Gasteiger partial charge in [0.05, 0.1) is 32.1 Å². The number of aryl methyl sites for hydroxylation is 1. The van der Waals surface area contributed by atoms with E-state index in [0.717, 1.165) is 5.69 Å². The number of amides is 1. The van der Waals surface area contributed by atoms with Crippen LogP contribution in [0.4, 0.5) is 4.39 Å². The summed E-state index contributed by atoms with van der Waals surface area (Å²) in [7, 11) is 1.41. The van der Waals surface area contributed by atoms with Crippen molar-refractivity contribution in [3.8, 4) is 11.5 Å². The number of carbonyl (C=O) groups is 1. The number of nitrogens with zero attached hydrogens (tertiary/aromatic N) is 2. The minimum Gasteiger partial charge on any atom is -0.496 e. The van der Waals surface area contributed by atoms with Crippen LogP contribution in [0.25, 0.3) is 0 Å². The molecule has 4 rings (SSSR count). The van der Waals surface area contributed by atoms with Crippen LogP contribution in [0.3, 0.4) is 0 Å². The first kappa shape index (κ1) is 19.6. The minimum absolute atomic E-state index is 0.212. The van der Waals surface area contributed by atoms with Crippen LogP contribution in [-0.2, 0) is 9.47 Å². The number of carbonyl (C=O) groups excluding carboxylic acids is 1. The van der Waals surface area contributed by atoms with E-state index < -0.39 is 5.82 Å². The smallest absolute Gasteiger partial charge is 0.257 e. The number of fused-ring (bicyclic) bond motifs is 1. The van der Waals surface area contributed by atoms with Crippen LogP contribution < -0.4 is 9.47 Å². The monoisotopic (exact) mass is 402 g/mol. The SMILES string of the molecule is COc1cc(F)ccc1C(=O)N1C[C@@H]2OCC(Oc3ccc(C)nc3)CO[C@H]2C1. The van der Waals surface area contributed by atoms with Crippen LogP contribution in [0.1, 0.15) is 16.1 Å². The molecule has 3 heterocycles. The second-order valence-corrected chi connectivity index (χ2v) is 7.17. The summed E-state index contributed by atoms with van der Waals surface area (Å²) >= 11 is 0. The van der Waals surface area contributed by atoms with Crippen molar-refractivity contribution >= 4 is 5.91 Å². The number of rotatable bonds is 4. The Morgan fingerprint density at radius 3 is 2.52 bits per heavy atom. The van der Waals surface area contributed by atoms with Gasteiger partial charge in [-0.25, -0.2) is 4.39 Å². The Labute approximate surface area is 168 Å². The van der Waals surface area contributed by atoms with E-state index in [1.54, 1.807) is 11.1 Å². The summed E-state index contributed by atoms with van der Waals surface area (Å²) in [5, 5.41) is 0. The van der Waals surface area contributed by atoms with Gasteiger partial charge in [0, 0.05) is 24.8 Å². The van der Waals surface area contributed by atoms with E-state index in [1.807, 2.05) is 19.1 Å². The molecule has 1 amide bonds. The fraction of sp³-hybridized carbons (Fsp3) is 0.429. The average molecular weight is 402 g/mol. The molecule has 1 aromatic carbocycles. The number of likely N-dealkylation sites (tertiary alicyclic amines) is 1. The maximum Gasteiger partial charge on any atom is 0.257 e. The van der Waals surface area contributed by atoms with Crippen molar-refractivity contribution in [3.05, 3.63) is 53.6 Å². The lowest BCUT2D eigenvalue weighted by molar-refractivity contribution is -0.00461. The van der Waals surface area contributed by atoms with Gasteiger partial charge in [0.15, 0.2) is 0 Å². The Morgan fingerprint density at radius 1 is 1.17 bits per heavy atom. The molecule has 2 aromatic rings. The molecule has 0 saturated carbocycles. The van der Waals surface area contributed by atoms with Gasteiger partial charge in [-0.05, 0) is 31.2 Å². The summed E-state index contributed by atoms with van der Waals surface area (Å²) in [5.41, 5.74) is 1.24. The van der Waals surface area contributed by atoms with Crippen LogP contribution in [0.15, 0.2) is 36.5 Å². The Balaban J connectivity index is 1.37. The number of hydrogen-bond donors (Lipinski definition) is 0. The third kappa shape index (κ3) is 4.33. The summed E-state index contributed by atoms with van der Waals surface area (Å²) in [6.07, 6.45) is 0.953. The molecule has 2 atom stereocenters. The number of ether oxygens (including phenoxy) is 4. The zero-order chi connectivity index (χ0) is 20.4. The second-order valence-electron chi connectivity index (χ2n) is 7.17. The molecule has 2 saturated heterocycles. The van der Waals surface area contributed by atoms with Crippen molar-refractivity contribution < 1.29 is 28.1 Å². The summed E-state index contributed by atoms with van der Waals surface area (Å²) in [6, 6.07) is 7.64. The van der Waals surface area contributed by atoms with Crippen molar-refractivity contribution in [2.24, 2.45) is 0 Å². The number of aromatic nitrogens is 1. The number of pyridine rings is 1. The van der Waals surface area contributed by atoms with Gasteiger partial charge < -0.3 is 23.8 Å². The van der Waals surface area contributed by atoms with Gasteiger partial charge in [-0.2, -0.15) is 0 Å². The molecular weight excluding hydrogens is 379 g/mol. The fourth-order valence-electron chi connectivity index (χ4n) is 3.54. The van der Waals surface area contributed by atoms with E-state index in [-0.39, 0.29) is 30.0 Å². The largest absolute Gasteiger partial charge is 0.496 e. The van der Waals surface area contributed by atoms with Crippen molar-refractivity contribution in [2.45, 2.75) is 25.2 Å². The lowest BCUT2D eigenvalue weighted by Crippen LogP contribution is -2.33. The summed E-state index contributed by atoms with van der Waals surface area (Å²) < 4.78 is 36.4.